The zero-order valence-electron chi connectivity index (χ0n) is 20.7. The van der Waals surface area contributed by atoms with Gasteiger partial charge in [-0.25, -0.2) is 9.37 Å². The van der Waals surface area contributed by atoms with Crippen molar-refractivity contribution in [3.8, 4) is 11.5 Å². The third kappa shape index (κ3) is 6.15. The lowest BCUT2D eigenvalue weighted by molar-refractivity contribution is -0.118. The SMILES string of the molecule is C=CCc1cc(C=Nn2c(C)nc3ccc(Br)cc3c2=O)cc(OC)c1OCC(=O)Nc1cccc(F)c1. The van der Waals surface area contributed by atoms with Crippen LogP contribution in [0.25, 0.3) is 10.9 Å². The highest BCUT2D eigenvalue weighted by Crippen LogP contribution is 2.33. The maximum absolute atomic E-state index is 13.4. The van der Waals surface area contributed by atoms with Crippen molar-refractivity contribution in [3.63, 3.8) is 0 Å². The zero-order chi connectivity index (χ0) is 27.2. The number of nitrogens with zero attached hydrogens (tertiary/aromatic N) is 3. The second kappa shape index (κ2) is 11.8. The van der Waals surface area contributed by atoms with E-state index in [0.717, 1.165) is 4.47 Å². The van der Waals surface area contributed by atoms with Gasteiger partial charge in [0.05, 0.1) is 24.2 Å². The van der Waals surface area contributed by atoms with Crippen LogP contribution in [0.2, 0.25) is 0 Å². The predicted octanol–water partition coefficient (Wildman–Crippen LogP) is 5.24. The van der Waals surface area contributed by atoms with Crippen molar-refractivity contribution >= 4 is 44.6 Å². The van der Waals surface area contributed by atoms with Crippen LogP contribution in [0.4, 0.5) is 10.1 Å². The molecule has 0 bridgehead atoms. The van der Waals surface area contributed by atoms with Gasteiger partial charge in [-0.15, -0.1) is 6.58 Å². The number of hydrogen-bond acceptors (Lipinski definition) is 6. The van der Waals surface area contributed by atoms with Crippen molar-refractivity contribution < 1.29 is 18.7 Å². The number of ether oxygens (including phenoxy) is 2. The monoisotopic (exact) mass is 578 g/mol. The Morgan fingerprint density at radius 3 is 2.79 bits per heavy atom. The molecule has 0 radical (unpaired) electrons. The Labute approximate surface area is 226 Å². The van der Waals surface area contributed by atoms with Crippen LogP contribution < -0.4 is 20.3 Å². The van der Waals surface area contributed by atoms with Crippen molar-refractivity contribution in [1.29, 1.82) is 0 Å². The number of aromatic nitrogens is 2. The van der Waals surface area contributed by atoms with Crippen LogP contribution in [0.3, 0.4) is 0 Å². The molecule has 38 heavy (non-hydrogen) atoms. The number of nitrogens with one attached hydrogen (secondary N) is 1. The smallest absolute Gasteiger partial charge is 0.282 e. The number of rotatable bonds is 9. The average molecular weight is 579 g/mol. The number of amides is 1. The summed E-state index contributed by atoms with van der Waals surface area (Å²) in [5.41, 5.74) is 1.94. The molecule has 0 aliphatic heterocycles. The molecule has 1 amide bonds. The fourth-order valence-corrected chi connectivity index (χ4v) is 4.16. The van der Waals surface area contributed by atoms with Crippen molar-refractivity contribution in [2.24, 2.45) is 5.10 Å². The fraction of sp³-hybridized carbons (Fsp3) is 0.143. The van der Waals surface area contributed by atoms with E-state index < -0.39 is 11.7 Å². The van der Waals surface area contributed by atoms with E-state index in [9.17, 15) is 14.0 Å². The second-order valence-electron chi connectivity index (χ2n) is 8.23. The van der Waals surface area contributed by atoms with Crippen LogP contribution in [-0.2, 0) is 11.2 Å². The molecule has 8 nitrogen and oxygen atoms in total. The molecular weight excluding hydrogens is 555 g/mol. The van der Waals surface area contributed by atoms with Gasteiger partial charge in [0.2, 0.25) is 0 Å². The largest absolute Gasteiger partial charge is 0.493 e. The van der Waals surface area contributed by atoms with Gasteiger partial charge in [-0.1, -0.05) is 28.1 Å². The Hall–Kier alpha value is -4.31. The lowest BCUT2D eigenvalue weighted by Gasteiger charge is -2.16. The molecule has 1 N–H and O–H groups in total. The maximum Gasteiger partial charge on any atom is 0.282 e. The van der Waals surface area contributed by atoms with Gasteiger partial charge in [0.25, 0.3) is 11.5 Å². The van der Waals surface area contributed by atoms with E-state index in [0.29, 0.717) is 51.5 Å². The number of anilines is 1. The van der Waals surface area contributed by atoms with Crippen molar-refractivity contribution in [1.82, 2.24) is 9.66 Å². The third-order valence-corrected chi connectivity index (χ3v) is 5.98. The molecule has 194 valence electrons. The molecule has 0 aliphatic rings. The standard InChI is InChI=1S/C28H24BrFN4O4/c1-4-6-19-11-18(15-31-34-17(2)32-24-10-9-20(29)13-23(24)28(34)36)12-25(37-3)27(19)38-16-26(35)33-22-8-5-7-21(30)14-22/h4-5,7-15H,1,6,16H2,2-3H3,(H,33,35). The van der Waals surface area contributed by atoms with Gasteiger partial charge in [-0.2, -0.15) is 9.78 Å². The highest BCUT2D eigenvalue weighted by atomic mass is 79.9. The summed E-state index contributed by atoms with van der Waals surface area (Å²) in [5, 5.41) is 7.40. The minimum absolute atomic E-state index is 0.299. The van der Waals surface area contributed by atoms with Gasteiger partial charge in [-0.05, 0) is 67.4 Å². The van der Waals surface area contributed by atoms with Gasteiger partial charge in [0.1, 0.15) is 11.6 Å². The minimum Gasteiger partial charge on any atom is -0.493 e. The minimum atomic E-state index is -0.460. The van der Waals surface area contributed by atoms with E-state index in [1.807, 2.05) is 6.07 Å². The summed E-state index contributed by atoms with van der Waals surface area (Å²) in [6.07, 6.45) is 3.63. The van der Waals surface area contributed by atoms with Gasteiger partial charge < -0.3 is 14.8 Å². The van der Waals surface area contributed by atoms with Crippen LogP contribution >= 0.6 is 15.9 Å². The van der Waals surface area contributed by atoms with E-state index in [4.69, 9.17) is 9.47 Å². The Morgan fingerprint density at radius 1 is 1.24 bits per heavy atom. The first kappa shape index (κ1) is 26.7. The first-order valence-electron chi connectivity index (χ1n) is 11.5. The lowest BCUT2D eigenvalue weighted by atomic mass is 10.1. The Balaban J connectivity index is 1.61. The van der Waals surface area contributed by atoms with Crippen LogP contribution in [0.1, 0.15) is 17.0 Å². The second-order valence-corrected chi connectivity index (χ2v) is 9.15. The predicted molar refractivity (Wildman–Crippen MR) is 149 cm³/mol. The number of hydrogen-bond donors (Lipinski definition) is 1. The average Bonchev–Trinajstić information content (AvgIpc) is 2.88. The first-order valence-corrected chi connectivity index (χ1v) is 12.3. The highest BCUT2D eigenvalue weighted by molar-refractivity contribution is 9.10. The summed E-state index contributed by atoms with van der Waals surface area (Å²) >= 11 is 3.38. The molecule has 10 heteroatoms. The fourth-order valence-electron chi connectivity index (χ4n) is 3.80. The van der Waals surface area contributed by atoms with Gasteiger partial charge in [-0.3, -0.25) is 9.59 Å². The summed E-state index contributed by atoms with van der Waals surface area (Å²) in [6.45, 7) is 5.17. The molecule has 1 heterocycles. The van der Waals surface area contributed by atoms with E-state index in [2.05, 4.69) is 37.9 Å². The lowest BCUT2D eigenvalue weighted by Crippen LogP contribution is -2.21. The molecule has 4 rings (SSSR count). The van der Waals surface area contributed by atoms with Crippen LogP contribution in [0, 0.1) is 12.7 Å². The topological polar surface area (TPSA) is 94.8 Å². The molecule has 0 unspecified atom stereocenters. The summed E-state index contributed by atoms with van der Waals surface area (Å²) in [4.78, 5) is 29.9. The van der Waals surface area contributed by atoms with Crippen LogP contribution in [0.5, 0.6) is 11.5 Å². The maximum atomic E-state index is 13.4. The number of allylic oxidation sites excluding steroid dienone is 1. The molecular formula is C28H24BrFN4O4. The molecule has 0 saturated heterocycles. The van der Waals surface area contributed by atoms with E-state index >= 15 is 0 Å². The van der Waals surface area contributed by atoms with Gasteiger partial charge >= 0.3 is 0 Å². The van der Waals surface area contributed by atoms with Gasteiger partial charge in [0, 0.05) is 15.7 Å². The molecule has 0 atom stereocenters. The zero-order valence-corrected chi connectivity index (χ0v) is 22.3. The molecule has 0 fully saturated rings. The van der Waals surface area contributed by atoms with Gasteiger partial charge in [0.15, 0.2) is 18.1 Å². The molecule has 3 aromatic carbocycles. The Bertz CT molecular complexity index is 1620. The Morgan fingerprint density at radius 2 is 2.05 bits per heavy atom. The summed E-state index contributed by atoms with van der Waals surface area (Å²) in [7, 11) is 1.48. The molecule has 4 aromatic rings. The van der Waals surface area contributed by atoms with Crippen LogP contribution in [-0.4, -0.2) is 35.5 Å². The molecule has 0 saturated carbocycles. The number of benzene rings is 3. The number of halogens is 2. The summed E-state index contributed by atoms with van der Waals surface area (Å²) in [6, 6.07) is 14.4. The summed E-state index contributed by atoms with van der Waals surface area (Å²) in [5.74, 6) is 0.251. The molecule has 1 aromatic heterocycles. The third-order valence-electron chi connectivity index (χ3n) is 5.49. The van der Waals surface area contributed by atoms with E-state index in [1.54, 1.807) is 43.3 Å². The van der Waals surface area contributed by atoms with Crippen molar-refractivity contribution in [2.75, 3.05) is 19.0 Å². The molecule has 0 spiro atoms. The number of carbonyl (C=O) groups is 1. The Kier molecular flexibility index (Phi) is 8.32. The van der Waals surface area contributed by atoms with Crippen molar-refractivity contribution in [2.45, 2.75) is 13.3 Å². The van der Waals surface area contributed by atoms with E-state index in [-0.39, 0.29) is 12.2 Å². The quantitative estimate of drug-likeness (QED) is 0.216. The van der Waals surface area contributed by atoms with Crippen LogP contribution in [0.15, 0.2) is 81.6 Å². The summed E-state index contributed by atoms with van der Waals surface area (Å²) < 4.78 is 26.7. The number of carbonyl (C=O) groups excluding carboxylic acids is 1. The number of fused-ring (bicyclic) bond motifs is 1. The first-order chi connectivity index (χ1) is 18.3. The normalized spacial score (nSPS) is 11.1. The molecule has 0 aliphatic carbocycles. The number of methoxy groups -OCH3 is 1. The number of aryl methyl sites for hydroxylation is 1. The van der Waals surface area contributed by atoms with Crippen molar-refractivity contribution in [3.05, 3.63) is 105 Å². The van der Waals surface area contributed by atoms with E-state index in [1.165, 1.54) is 36.2 Å². The highest BCUT2D eigenvalue weighted by Gasteiger charge is 2.15.